The number of hydrogen-bond acceptors (Lipinski definition) is 2. The van der Waals surface area contributed by atoms with Gasteiger partial charge >= 0.3 is 0 Å². The van der Waals surface area contributed by atoms with Gasteiger partial charge in [0, 0.05) is 13.1 Å². The highest BCUT2D eigenvalue weighted by molar-refractivity contribution is 6.39. The summed E-state index contributed by atoms with van der Waals surface area (Å²) in [5, 5.41) is 2.86. The highest BCUT2D eigenvalue weighted by atomic mass is 19.2. The molecular weight excluding hydrogens is 217 g/mol. The van der Waals surface area contributed by atoms with Crippen LogP contribution >= 0.6 is 0 Å². The maximum absolute atomic E-state index is 13.4. The molecule has 0 aromatic heterocycles. The smallest absolute Gasteiger partial charge is 0.199 e. The molecule has 0 aliphatic carbocycles. The van der Waals surface area contributed by atoms with E-state index in [1.165, 1.54) is 0 Å². The van der Waals surface area contributed by atoms with E-state index in [2.05, 4.69) is 5.32 Å². The van der Waals surface area contributed by atoms with Crippen molar-refractivity contribution in [2.45, 2.75) is 6.10 Å². The zero-order valence-electron chi connectivity index (χ0n) is 8.19. The van der Waals surface area contributed by atoms with Gasteiger partial charge in [0.15, 0.2) is 17.4 Å². The molecule has 1 heterocycles. The van der Waals surface area contributed by atoms with Crippen LogP contribution in [0.2, 0.25) is 0 Å². The first kappa shape index (κ1) is 11.4. The molecule has 1 saturated heterocycles. The van der Waals surface area contributed by atoms with E-state index in [4.69, 9.17) is 20.4 Å². The monoisotopic (exact) mass is 223 g/mol. The minimum absolute atomic E-state index is 0.334. The van der Waals surface area contributed by atoms with Crippen LogP contribution < -0.4 is 21.0 Å². The highest BCUT2D eigenvalue weighted by Crippen LogP contribution is 2.19. The Bertz CT molecular complexity index is 408. The fourth-order valence-corrected chi connectivity index (χ4v) is 1.30. The van der Waals surface area contributed by atoms with Gasteiger partial charge in [-0.25, -0.2) is 8.78 Å². The number of rotatable bonds is 2. The zero-order valence-corrected chi connectivity index (χ0v) is 8.19. The molecule has 0 spiro atoms. The van der Waals surface area contributed by atoms with Crippen molar-refractivity contribution >= 4 is 26.6 Å². The summed E-state index contributed by atoms with van der Waals surface area (Å²) in [5.41, 5.74) is -1.54. The fourth-order valence-electron chi connectivity index (χ4n) is 1.30. The lowest BCUT2D eigenvalue weighted by atomic mass is 9.84. The second-order valence-electron chi connectivity index (χ2n) is 3.50. The number of ether oxygens (including phenoxy) is 1. The Balaban J connectivity index is 2.42. The summed E-state index contributed by atoms with van der Waals surface area (Å²) in [6.45, 7) is 0.957. The maximum Gasteiger partial charge on any atom is 0.199 e. The van der Waals surface area contributed by atoms with Crippen LogP contribution in [0.1, 0.15) is 0 Å². The zero-order chi connectivity index (χ0) is 11.9. The van der Waals surface area contributed by atoms with E-state index in [-0.39, 0.29) is 6.10 Å². The molecule has 7 heteroatoms. The van der Waals surface area contributed by atoms with Gasteiger partial charge in [0.1, 0.15) is 27.6 Å². The molecule has 1 aromatic rings. The molecule has 1 aliphatic heterocycles. The molecule has 0 atom stereocenters. The first-order valence-electron chi connectivity index (χ1n) is 4.61. The van der Waals surface area contributed by atoms with Crippen LogP contribution in [0.5, 0.6) is 5.75 Å². The van der Waals surface area contributed by atoms with Crippen molar-refractivity contribution < 1.29 is 17.9 Å². The van der Waals surface area contributed by atoms with Gasteiger partial charge in [0.2, 0.25) is 0 Å². The van der Waals surface area contributed by atoms with Gasteiger partial charge in [-0.05, 0) is 10.9 Å². The summed E-state index contributed by atoms with van der Waals surface area (Å²) in [5.74, 6) is -4.64. The number of nitrogens with one attached hydrogen (secondary N) is 1. The third-order valence-electron chi connectivity index (χ3n) is 2.37. The van der Waals surface area contributed by atoms with Crippen LogP contribution in [0.4, 0.5) is 13.2 Å². The predicted molar refractivity (Wildman–Crippen MR) is 54.4 cm³/mol. The van der Waals surface area contributed by atoms with E-state index < -0.39 is 34.1 Å². The summed E-state index contributed by atoms with van der Waals surface area (Å²) in [7, 11) is 10.3. The molecular formula is C9H6B2F3NO. The Kier molecular flexibility index (Phi) is 2.88. The molecule has 2 nitrogen and oxygen atoms in total. The Morgan fingerprint density at radius 3 is 2.12 bits per heavy atom. The van der Waals surface area contributed by atoms with E-state index in [0.29, 0.717) is 13.1 Å². The van der Waals surface area contributed by atoms with Crippen LogP contribution in [0.25, 0.3) is 0 Å². The molecule has 0 saturated carbocycles. The summed E-state index contributed by atoms with van der Waals surface area (Å²) in [4.78, 5) is 0. The molecule has 4 radical (unpaired) electrons. The first-order chi connectivity index (χ1) is 7.52. The van der Waals surface area contributed by atoms with Crippen molar-refractivity contribution in [3.8, 4) is 5.75 Å². The minimum atomic E-state index is -1.48. The Morgan fingerprint density at radius 1 is 1.00 bits per heavy atom. The normalized spacial score (nSPS) is 15.9. The van der Waals surface area contributed by atoms with Crippen LogP contribution in [0.15, 0.2) is 0 Å². The molecule has 1 aromatic carbocycles. The third-order valence-corrected chi connectivity index (χ3v) is 2.37. The van der Waals surface area contributed by atoms with Gasteiger partial charge in [-0.15, -0.1) is 0 Å². The molecule has 80 valence electrons. The summed E-state index contributed by atoms with van der Waals surface area (Å²) in [6, 6.07) is 0. The van der Waals surface area contributed by atoms with Crippen molar-refractivity contribution in [2.24, 2.45) is 0 Å². The number of halogens is 3. The fraction of sp³-hybridized carbons (Fsp3) is 0.333. The van der Waals surface area contributed by atoms with E-state index in [9.17, 15) is 13.2 Å². The molecule has 0 amide bonds. The van der Waals surface area contributed by atoms with Gasteiger partial charge in [-0.2, -0.15) is 4.39 Å². The van der Waals surface area contributed by atoms with Gasteiger partial charge in [-0.1, -0.05) is 0 Å². The minimum Gasteiger partial charge on any atom is -0.485 e. The maximum atomic E-state index is 13.4. The molecule has 1 aliphatic rings. The predicted octanol–water partition coefficient (Wildman–Crippen LogP) is -0.958. The summed E-state index contributed by atoms with van der Waals surface area (Å²) < 4.78 is 44.8. The molecule has 1 N–H and O–H groups in total. The largest absolute Gasteiger partial charge is 0.485 e. The molecule has 1 fully saturated rings. The lowest BCUT2D eigenvalue weighted by Crippen LogP contribution is -2.51. The van der Waals surface area contributed by atoms with E-state index in [1.807, 2.05) is 0 Å². The second kappa shape index (κ2) is 4.05. The molecule has 16 heavy (non-hydrogen) atoms. The highest BCUT2D eigenvalue weighted by Gasteiger charge is 2.25. The standard InChI is InChI=1S/C9H6B2F3NO/c10-4-6(12)5(11)9(8(14)7(4)13)16-3-1-15-2-3/h3,15H,1-2H2. The van der Waals surface area contributed by atoms with Crippen molar-refractivity contribution in [1.29, 1.82) is 0 Å². The molecule has 0 unspecified atom stereocenters. The molecule has 0 bridgehead atoms. The van der Waals surface area contributed by atoms with E-state index >= 15 is 0 Å². The Morgan fingerprint density at radius 2 is 1.62 bits per heavy atom. The van der Waals surface area contributed by atoms with Gasteiger partial charge in [0.05, 0.1) is 0 Å². The second-order valence-corrected chi connectivity index (χ2v) is 3.50. The van der Waals surface area contributed by atoms with E-state index in [0.717, 1.165) is 0 Å². The first-order valence-corrected chi connectivity index (χ1v) is 4.61. The quantitative estimate of drug-likeness (QED) is 0.515. The third kappa shape index (κ3) is 1.69. The van der Waals surface area contributed by atoms with Crippen molar-refractivity contribution in [3.05, 3.63) is 17.5 Å². The Labute approximate surface area is 93.0 Å². The Hall–Kier alpha value is -1.10. The lowest BCUT2D eigenvalue weighted by Gasteiger charge is -2.29. The summed E-state index contributed by atoms with van der Waals surface area (Å²) in [6.07, 6.45) is -0.334. The van der Waals surface area contributed by atoms with Crippen LogP contribution in [-0.4, -0.2) is 34.9 Å². The number of hydrogen-bond donors (Lipinski definition) is 1. The van der Waals surface area contributed by atoms with E-state index in [1.54, 1.807) is 0 Å². The van der Waals surface area contributed by atoms with Gasteiger partial charge < -0.3 is 10.1 Å². The average Bonchev–Trinajstić information content (AvgIpc) is 2.21. The summed E-state index contributed by atoms with van der Waals surface area (Å²) >= 11 is 0. The van der Waals surface area contributed by atoms with Crippen molar-refractivity contribution in [1.82, 2.24) is 5.32 Å². The van der Waals surface area contributed by atoms with Gasteiger partial charge in [-0.3, -0.25) is 0 Å². The van der Waals surface area contributed by atoms with Crippen molar-refractivity contribution in [3.63, 3.8) is 0 Å². The lowest BCUT2D eigenvalue weighted by molar-refractivity contribution is 0.136. The van der Waals surface area contributed by atoms with Crippen LogP contribution in [-0.2, 0) is 0 Å². The molecule has 2 rings (SSSR count). The van der Waals surface area contributed by atoms with Crippen LogP contribution in [0.3, 0.4) is 0 Å². The topological polar surface area (TPSA) is 21.3 Å². The average molecular weight is 223 g/mol. The van der Waals surface area contributed by atoms with Crippen LogP contribution in [0, 0.1) is 17.5 Å². The van der Waals surface area contributed by atoms with Crippen molar-refractivity contribution in [2.75, 3.05) is 13.1 Å². The van der Waals surface area contributed by atoms with Gasteiger partial charge in [0.25, 0.3) is 0 Å². The SMILES string of the molecule is [B]c1c(F)c([B])c(OC2CNC2)c(F)c1F. The number of benzene rings is 1.